The predicted molar refractivity (Wildman–Crippen MR) is 139 cm³/mol. The maximum Gasteiger partial charge on any atom is 0.234 e. The molecule has 4 rings (SSSR count). The molecule has 2 aliphatic heterocycles. The van der Waals surface area contributed by atoms with Crippen LogP contribution in [0.3, 0.4) is 0 Å². The van der Waals surface area contributed by atoms with Crippen molar-refractivity contribution in [3.63, 3.8) is 0 Å². The highest BCUT2D eigenvalue weighted by Gasteiger charge is 2.39. The Kier molecular flexibility index (Phi) is 7.17. The SMILES string of the molecule is CCN1CCC2(CC1)N=C(SCC(=O)Nc1cc(C)cc(C)c1)C(c1ccc(Br)cc1)=N2. The van der Waals surface area contributed by atoms with Crippen molar-refractivity contribution in [3.05, 3.63) is 63.6 Å². The molecule has 1 amide bonds. The zero-order valence-corrected chi connectivity index (χ0v) is 21.2. The topological polar surface area (TPSA) is 57.1 Å². The monoisotopic (exact) mass is 512 g/mol. The molecule has 0 aliphatic carbocycles. The smallest absolute Gasteiger partial charge is 0.234 e. The van der Waals surface area contributed by atoms with Crippen molar-refractivity contribution < 1.29 is 4.79 Å². The summed E-state index contributed by atoms with van der Waals surface area (Å²) in [6.45, 7) is 9.33. The summed E-state index contributed by atoms with van der Waals surface area (Å²) in [5.41, 5.74) is 4.68. The molecule has 0 saturated carbocycles. The first kappa shape index (κ1) is 23.2. The van der Waals surface area contributed by atoms with E-state index in [1.54, 1.807) is 0 Å². The number of aryl methyl sites for hydroxylation is 2. The molecule has 1 saturated heterocycles. The van der Waals surface area contributed by atoms with Gasteiger partial charge in [-0.15, -0.1) is 0 Å². The van der Waals surface area contributed by atoms with Crippen LogP contribution in [0.5, 0.6) is 0 Å². The van der Waals surface area contributed by atoms with E-state index in [1.807, 2.05) is 38.1 Å². The quantitative estimate of drug-likeness (QED) is 0.579. The Morgan fingerprint density at radius 3 is 2.38 bits per heavy atom. The summed E-state index contributed by atoms with van der Waals surface area (Å²) in [5.74, 6) is 0.276. The summed E-state index contributed by atoms with van der Waals surface area (Å²) in [6.07, 6.45) is 1.83. The van der Waals surface area contributed by atoms with E-state index in [1.165, 1.54) is 11.8 Å². The Bertz CT molecular complexity index is 1040. The normalized spacial score (nSPS) is 17.9. The molecule has 32 heavy (non-hydrogen) atoms. The van der Waals surface area contributed by atoms with E-state index < -0.39 is 0 Å². The molecule has 2 aliphatic rings. The van der Waals surface area contributed by atoms with Crippen LogP contribution in [0.15, 0.2) is 56.9 Å². The summed E-state index contributed by atoms with van der Waals surface area (Å²) in [5, 5.41) is 3.89. The second kappa shape index (κ2) is 9.89. The van der Waals surface area contributed by atoms with Gasteiger partial charge in [-0.1, -0.05) is 52.8 Å². The first-order chi connectivity index (χ1) is 15.4. The average Bonchev–Trinajstić information content (AvgIpc) is 3.11. The van der Waals surface area contributed by atoms with E-state index in [4.69, 9.17) is 9.98 Å². The van der Waals surface area contributed by atoms with Crippen molar-refractivity contribution in [1.82, 2.24) is 4.90 Å². The molecular weight excluding hydrogens is 484 g/mol. The van der Waals surface area contributed by atoms with Crippen molar-refractivity contribution >= 4 is 50.0 Å². The molecule has 1 spiro atoms. The lowest BCUT2D eigenvalue weighted by molar-refractivity contribution is -0.113. The molecule has 2 aromatic rings. The van der Waals surface area contributed by atoms with Gasteiger partial charge in [-0.25, -0.2) is 4.99 Å². The maximum absolute atomic E-state index is 12.7. The second-order valence-electron chi connectivity index (χ2n) is 8.51. The van der Waals surface area contributed by atoms with Crippen molar-refractivity contribution in [3.8, 4) is 0 Å². The van der Waals surface area contributed by atoms with E-state index in [9.17, 15) is 4.79 Å². The van der Waals surface area contributed by atoms with Crippen molar-refractivity contribution in [2.24, 2.45) is 9.98 Å². The molecule has 2 heterocycles. The van der Waals surface area contributed by atoms with Gasteiger partial charge in [0.25, 0.3) is 0 Å². The fourth-order valence-electron chi connectivity index (χ4n) is 4.25. The highest BCUT2D eigenvalue weighted by atomic mass is 79.9. The first-order valence-electron chi connectivity index (χ1n) is 11.1. The third kappa shape index (κ3) is 5.50. The molecule has 7 heteroatoms. The van der Waals surface area contributed by atoms with E-state index in [-0.39, 0.29) is 11.6 Å². The molecule has 2 aromatic carbocycles. The number of carbonyl (C=O) groups excluding carboxylic acids is 1. The highest BCUT2D eigenvalue weighted by molar-refractivity contribution is 9.10. The van der Waals surface area contributed by atoms with Gasteiger partial charge in [0, 0.05) is 41.7 Å². The van der Waals surface area contributed by atoms with Crippen LogP contribution < -0.4 is 5.32 Å². The van der Waals surface area contributed by atoms with E-state index in [0.717, 1.165) is 70.1 Å². The number of amides is 1. The van der Waals surface area contributed by atoms with Crippen LogP contribution in [0.4, 0.5) is 5.69 Å². The van der Waals surface area contributed by atoms with Crippen LogP contribution in [0.1, 0.15) is 36.5 Å². The van der Waals surface area contributed by atoms with Gasteiger partial charge in [-0.05, 0) is 55.8 Å². The number of aliphatic imine (C=N–C) groups is 2. The van der Waals surface area contributed by atoms with Gasteiger partial charge < -0.3 is 10.2 Å². The Labute approximate surface area is 202 Å². The van der Waals surface area contributed by atoms with Crippen LogP contribution in [-0.4, -0.2) is 52.6 Å². The minimum atomic E-state index is -0.388. The number of benzene rings is 2. The third-order valence-corrected chi connectivity index (χ3v) is 7.39. The van der Waals surface area contributed by atoms with E-state index in [2.05, 4.69) is 51.3 Å². The number of hydrogen-bond acceptors (Lipinski definition) is 5. The average molecular weight is 514 g/mol. The molecule has 0 radical (unpaired) electrons. The number of rotatable bonds is 5. The summed E-state index contributed by atoms with van der Waals surface area (Å²) in [4.78, 5) is 25.4. The molecule has 1 fully saturated rings. The van der Waals surface area contributed by atoms with Gasteiger partial charge in [-0.3, -0.25) is 9.79 Å². The summed E-state index contributed by atoms with van der Waals surface area (Å²) >= 11 is 4.99. The number of anilines is 1. The lowest BCUT2D eigenvalue weighted by Gasteiger charge is -2.34. The molecule has 0 aromatic heterocycles. The van der Waals surface area contributed by atoms with Crippen molar-refractivity contribution in [2.45, 2.75) is 39.3 Å². The zero-order valence-electron chi connectivity index (χ0n) is 18.8. The van der Waals surface area contributed by atoms with E-state index >= 15 is 0 Å². The number of likely N-dealkylation sites (tertiary alicyclic amines) is 1. The van der Waals surface area contributed by atoms with Gasteiger partial charge in [0.1, 0.15) is 5.04 Å². The standard InChI is InChI=1S/C25H29BrN4OS/c1-4-30-11-9-25(10-12-30)28-23(19-5-7-20(26)8-6-19)24(29-25)32-16-22(31)27-21-14-17(2)13-18(3)15-21/h5-8,13-15H,4,9-12,16H2,1-3H3,(H,27,31). The Morgan fingerprint density at radius 1 is 1.09 bits per heavy atom. The van der Waals surface area contributed by atoms with Crippen LogP contribution in [-0.2, 0) is 4.79 Å². The summed E-state index contributed by atoms with van der Waals surface area (Å²) in [6, 6.07) is 14.3. The molecule has 5 nitrogen and oxygen atoms in total. The van der Waals surface area contributed by atoms with Gasteiger partial charge in [0.15, 0.2) is 5.66 Å². The van der Waals surface area contributed by atoms with E-state index in [0.29, 0.717) is 5.75 Å². The number of nitrogens with zero attached hydrogens (tertiary/aromatic N) is 3. The Morgan fingerprint density at radius 2 is 1.75 bits per heavy atom. The van der Waals surface area contributed by atoms with Crippen LogP contribution in [0.25, 0.3) is 0 Å². The van der Waals surface area contributed by atoms with Gasteiger partial charge >= 0.3 is 0 Å². The number of halogens is 1. The summed E-state index contributed by atoms with van der Waals surface area (Å²) < 4.78 is 1.03. The number of nitrogens with one attached hydrogen (secondary N) is 1. The molecule has 1 N–H and O–H groups in total. The Balaban J connectivity index is 1.50. The Hall–Kier alpha value is -1.96. The lowest BCUT2D eigenvalue weighted by Crippen LogP contribution is -2.41. The second-order valence-corrected chi connectivity index (χ2v) is 10.4. The lowest BCUT2D eigenvalue weighted by atomic mass is 9.98. The molecule has 0 atom stereocenters. The minimum Gasteiger partial charge on any atom is -0.325 e. The minimum absolute atomic E-state index is 0.0281. The molecule has 168 valence electrons. The van der Waals surface area contributed by atoms with Gasteiger partial charge in [0.2, 0.25) is 5.91 Å². The summed E-state index contributed by atoms with van der Waals surface area (Å²) in [7, 11) is 0. The van der Waals surface area contributed by atoms with Crippen molar-refractivity contribution in [2.75, 3.05) is 30.7 Å². The predicted octanol–water partition coefficient (Wildman–Crippen LogP) is 5.45. The fourth-order valence-corrected chi connectivity index (χ4v) is 5.39. The number of carbonyl (C=O) groups is 1. The van der Waals surface area contributed by atoms with Crippen molar-refractivity contribution in [1.29, 1.82) is 0 Å². The zero-order chi connectivity index (χ0) is 22.7. The van der Waals surface area contributed by atoms with Crippen LogP contribution in [0, 0.1) is 13.8 Å². The highest BCUT2D eigenvalue weighted by Crippen LogP contribution is 2.35. The fraction of sp³-hybridized carbons (Fsp3) is 0.400. The number of piperidine rings is 1. The van der Waals surface area contributed by atoms with Crippen LogP contribution >= 0.6 is 27.7 Å². The largest absolute Gasteiger partial charge is 0.325 e. The van der Waals surface area contributed by atoms with Crippen LogP contribution in [0.2, 0.25) is 0 Å². The maximum atomic E-state index is 12.7. The third-order valence-electron chi connectivity index (χ3n) is 5.90. The molecule has 0 unspecified atom stereocenters. The van der Waals surface area contributed by atoms with Gasteiger partial charge in [0.05, 0.1) is 11.5 Å². The van der Waals surface area contributed by atoms with Gasteiger partial charge in [-0.2, -0.15) is 0 Å². The first-order valence-corrected chi connectivity index (χ1v) is 12.8. The molecule has 0 bridgehead atoms. The number of hydrogen-bond donors (Lipinski definition) is 1. The molecular formula is C25H29BrN4OS. The number of thioether (sulfide) groups is 1.